The fourth-order valence-electron chi connectivity index (χ4n) is 2.58. The molecule has 0 unspecified atom stereocenters. The van der Waals surface area contributed by atoms with Gasteiger partial charge in [0.1, 0.15) is 5.00 Å². The lowest BCUT2D eigenvalue weighted by molar-refractivity contribution is 0.100. The van der Waals surface area contributed by atoms with Gasteiger partial charge in [0.2, 0.25) is 0 Å². The van der Waals surface area contributed by atoms with Crippen molar-refractivity contribution in [2.24, 2.45) is 5.73 Å². The van der Waals surface area contributed by atoms with E-state index in [-0.39, 0.29) is 21.8 Å². The molecule has 3 N–H and O–H groups in total. The molecule has 2 amide bonds. The van der Waals surface area contributed by atoms with Crippen LogP contribution in [0.15, 0.2) is 65.6 Å². The summed E-state index contributed by atoms with van der Waals surface area (Å²) in [6.07, 6.45) is 0. The summed E-state index contributed by atoms with van der Waals surface area (Å²) in [6.45, 7) is 1.54. The summed E-state index contributed by atoms with van der Waals surface area (Å²) in [4.78, 5) is 25.3. The molecule has 0 spiro atoms. The minimum atomic E-state index is -3.43. The van der Waals surface area contributed by atoms with Crippen LogP contribution in [-0.2, 0) is 9.84 Å². The Hall–Kier alpha value is -2.97. The number of thiophene rings is 1. The standard InChI is InChI=1S/C20H18N2O4S2/c1-2-28(25,26)15-10-6-9-14(11-15)19(24)22-20-16(18(21)23)12-17(27-20)13-7-4-3-5-8-13/h3-12H,2H2,1H3,(H2,21,23)(H,22,24). The van der Waals surface area contributed by atoms with E-state index in [4.69, 9.17) is 5.73 Å². The summed E-state index contributed by atoms with van der Waals surface area (Å²) >= 11 is 1.23. The first-order chi connectivity index (χ1) is 13.3. The Morgan fingerprint density at radius 3 is 2.39 bits per heavy atom. The summed E-state index contributed by atoms with van der Waals surface area (Å²) in [5.41, 5.74) is 6.74. The molecule has 3 rings (SSSR count). The normalized spacial score (nSPS) is 11.2. The summed E-state index contributed by atoms with van der Waals surface area (Å²) in [6, 6.07) is 16.8. The van der Waals surface area contributed by atoms with Crippen molar-refractivity contribution < 1.29 is 18.0 Å². The van der Waals surface area contributed by atoms with E-state index in [1.165, 1.54) is 42.5 Å². The Labute approximate surface area is 166 Å². The molecule has 0 radical (unpaired) electrons. The van der Waals surface area contributed by atoms with Crippen LogP contribution >= 0.6 is 11.3 Å². The zero-order valence-electron chi connectivity index (χ0n) is 15.0. The number of amides is 2. The number of carbonyl (C=O) groups is 2. The van der Waals surface area contributed by atoms with Crippen molar-refractivity contribution in [3.05, 3.63) is 71.8 Å². The predicted octanol–water partition coefficient (Wildman–Crippen LogP) is 3.56. The average molecular weight is 415 g/mol. The van der Waals surface area contributed by atoms with Crippen molar-refractivity contribution in [1.29, 1.82) is 0 Å². The molecule has 0 fully saturated rings. The molecule has 2 aromatic carbocycles. The largest absolute Gasteiger partial charge is 0.366 e. The van der Waals surface area contributed by atoms with Gasteiger partial charge < -0.3 is 11.1 Å². The predicted molar refractivity (Wildman–Crippen MR) is 110 cm³/mol. The third-order valence-corrected chi connectivity index (χ3v) is 6.95. The van der Waals surface area contributed by atoms with Crippen molar-refractivity contribution in [2.75, 3.05) is 11.1 Å². The maximum atomic E-state index is 12.7. The Morgan fingerprint density at radius 2 is 1.75 bits per heavy atom. The van der Waals surface area contributed by atoms with Gasteiger partial charge >= 0.3 is 0 Å². The number of hydrogen-bond acceptors (Lipinski definition) is 5. The third-order valence-electron chi connectivity index (χ3n) is 4.12. The van der Waals surface area contributed by atoms with E-state index in [0.29, 0.717) is 5.00 Å². The summed E-state index contributed by atoms with van der Waals surface area (Å²) in [5, 5.41) is 3.00. The molecule has 8 heteroatoms. The maximum Gasteiger partial charge on any atom is 0.256 e. The number of sulfone groups is 1. The highest BCUT2D eigenvalue weighted by atomic mass is 32.2. The third kappa shape index (κ3) is 4.13. The molecule has 6 nitrogen and oxygen atoms in total. The Kier molecular flexibility index (Phi) is 5.62. The highest BCUT2D eigenvalue weighted by Gasteiger charge is 2.19. The summed E-state index contributed by atoms with van der Waals surface area (Å²) in [5.74, 6) is -1.23. The Balaban J connectivity index is 1.93. The average Bonchev–Trinajstić information content (AvgIpc) is 3.13. The van der Waals surface area contributed by atoms with E-state index in [2.05, 4.69) is 5.32 Å². The van der Waals surface area contributed by atoms with Crippen LogP contribution in [0.2, 0.25) is 0 Å². The van der Waals surface area contributed by atoms with Crippen molar-refractivity contribution in [3.63, 3.8) is 0 Å². The molecule has 1 aromatic heterocycles. The lowest BCUT2D eigenvalue weighted by Gasteiger charge is -2.07. The van der Waals surface area contributed by atoms with Crippen LogP contribution in [0, 0.1) is 0 Å². The first-order valence-electron chi connectivity index (χ1n) is 8.45. The fourth-order valence-corrected chi connectivity index (χ4v) is 4.57. The van der Waals surface area contributed by atoms with Gasteiger partial charge in [-0.2, -0.15) is 0 Å². The number of nitrogens with one attached hydrogen (secondary N) is 1. The molecule has 28 heavy (non-hydrogen) atoms. The number of benzene rings is 2. The van der Waals surface area contributed by atoms with Gasteiger partial charge in [-0.1, -0.05) is 43.3 Å². The molecule has 0 saturated carbocycles. The molecule has 0 atom stereocenters. The van der Waals surface area contributed by atoms with Crippen molar-refractivity contribution >= 4 is 38.0 Å². The molecular formula is C20H18N2O4S2. The molecule has 0 bridgehead atoms. The Morgan fingerprint density at radius 1 is 1.04 bits per heavy atom. The first kappa shape index (κ1) is 19.8. The number of nitrogens with two attached hydrogens (primary N) is 1. The SMILES string of the molecule is CCS(=O)(=O)c1cccc(C(=O)Nc2sc(-c3ccccc3)cc2C(N)=O)c1. The zero-order valence-corrected chi connectivity index (χ0v) is 16.6. The zero-order chi connectivity index (χ0) is 20.3. The lowest BCUT2D eigenvalue weighted by Crippen LogP contribution is -2.17. The smallest absolute Gasteiger partial charge is 0.256 e. The van der Waals surface area contributed by atoms with Crippen LogP contribution in [0.3, 0.4) is 0 Å². The first-order valence-corrected chi connectivity index (χ1v) is 10.9. The topological polar surface area (TPSA) is 106 Å². The molecule has 3 aromatic rings. The van der Waals surface area contributed by atoms with Crippen LogP contribution in [0.25, 0.3) is 10.4 Å². The highest BCUT2D eigenvalue weighted by Crippen LogP contribution is 2.35. The minimum absolute atomic E-state index is 0.0603. The van der Waals surface area contributed by atoms with Crippen molar-refractivity contribution in [2.45, 2.75) is 11.8 Å². The fraction of sp³-hybridized carbons (Fsp3) is 0.100. The van der Waals surface area contributed by atoms with E-state index in [1.807, 2.05) is 30.3 Å². The second-order valence-corrected chi connectivity index (χ2v) is 9.30. The number of primary amides is 1. The lowest BCUT2D eigenvalue weighted by atomic mass is 10.1. The molecule has 0 aliphatic carbocycles. The molecular weight excluding hydrogens is 396 g/mol. The van der Waals surface area contributed by atoms with E-state index >= 15 is 0 Å². The summed E-state index contributed by atoms with van der Waals surface area (Å²) < 4.78 is 24.1. The molecule has 1 heterocycles. The number of hydrogen-bond donors (Lipinski definition) is 2. The van der Waals surface area contributed by atoms with Gasteiger partial charge in [0.25, 0.3) is 11.8 Å². The minimum Gasteiger partial charge on any atom is -0.366 e. The van der Waals surface area contributed by atoms with E-state index in [1.54, 1.807) is 6.07 Å². The van der Waals surface area contributed by atoms with E-state index < -0.39 is 21.7 Å². The molecule has 0 aliphatic rings. The van der Waals surface area contributed by atoms with Gasteiger partial charge in [-0.25, -0.2) is 8.42 Å². The monoisotopic (exact) mass is 414 g/mol. The van der Waals surface area contributed by atoms with Crippen LogP contribution in [0.1, 0.15) is 27.6 Å². The Bertz CT molecular complexity index is 1140. The van der Waals surface area contributed by atoms with Gasteiger partial charge in [-0.15, -0.1) is 11.3 Å². The molecule has 0 saturated heterocycles. The van der Waals surface area contributed by atoms with Crippen LogP contribution < -0.4 is 11.1 Å². The van der Waals surface area contributed by atoms with Crippen molar-refractivity contribution in [1.82, 2.24) is 0 Å². The van der Waals surface area contributed by atoms with Gasteiger partial charge in [-0.05, 0) is 29.8 Å². The van der Waals surface area contributed by atoms with Gasteiger partial charge in [0.15, 0.2) is 9.84 Å². The number of anilines is 1. The van der Waals surface area contributed by atoms with Crippen LogP contribution in [0.4, 0.5) is 5.00 Å². The molecule has 144 valence electrons. The maximum absolute atomic E-state index is 12.7. The number of rotatable bonds is 6. The van der Waals surface area contributed by atoms with Gasteiger partial charge in [0, 0.05) is 10.4 Å². The highest BCUT2D eigenvalue weighted by molar-refractivity contribution is 7.91. The van der Waals surface area contributed by atoms with Crippen LogP contribution in [0.5, 0.6) is 0 Å². The van der Waals surface area contributed by atoms with Crippen LogP contribution in [-0.4, -0.2) is 26.0 Å². The quantitative estimate of drug-likeness (QED) is 0.643. The molecule has 0 aliphatic heterocycles. The van der Waals surface area contributed by atoms with Gasteiger partial charge in [-0.3, -0.25) is 9.59 Å². The van der Waals surface area contributed by atoms with E-state index in [9.17, 15) is 18.0 Å². The van der Waals surface area contributed by atoms with Crippen molar-refractivity contribution in [3.8, 4) is 10.4 Å². The second kappa shape index (κ2) is 7.95. The van der Waals surface area contributed by atoms with Gasteiger partial charge in [0.05, 0.1) is 16.2 Å². The summed E-state index contributed by atoms with van der Waals surface area (Å²) in [7, 11) is -3.43. The number of carbonyl (C=O) groups excluding carboxylic acids is 2. The van der Waals surface area contributed by atoms with E-state index in [0.717, 1.165) is 10.4 Å². The second-order valence-electron chi connectivity index (χ2n) is 5.97.